The van der Waals surface area contributed by atoms with Crippen molar-refractivity contribution in [2.24, 2.45) is 0 Å². The van der Waals surface area contributed by atoms with Gasteiger partial charge in [-0.3, -0.25) is 4.90 Å². The average Bonchev–Trinajstić information content (AvgIpc) is 2.30. The first-order valence-electron chi connectivity index (χ1n) is 6.13. The number of hydrogen-bond acceptors (Lipinski definition) is 2. The molecular weight excluding hydrogens is 216 g/mol. The van der Waals surface area contributed by atoms with E-state index in [4.69, 9.17) is 12.2 Å². The highest BCUT2D eigenvalue weighted by molar-refractivity contribution is 7.71. The van der Waals surface area contributed by atoms with Crippen LogP contribution < -0.4 is 0 Å². The van der Waals surface area contributed by atoms with Crippen molar-refractivity contribution in [3.8, 4) is 0 Å². The van der Waals surface area contributed by atoms with Crippen molar-refractivity contribution in [3.63, 3.8) is 0 Å². The summed E-state index contributed by atoms with van der Waals surface area (Å²) in [6.45, 7) is 5.78. The molecule has 1 aromatic heterocycles. The van der Waals surface area contributed by atoms with Gasteiger partial charge in [-0.05, 0) is 44.9 Å². The van der Waals surface area contributed by atoms with E-state index in [0.29, 0.717) is 12.1 Å². The minimum absolute atomic E-state index is 0.570. The molecule has 1 atom stereocenters. The normalized spacial score (nSPS) is 22.6. The Bertz CT molecular complexity index is 377. The maximum absolute atomic E-state index is 5.08. The van der Waals surface area contributed by atoms with Crippen LogP contribution in [-0.4, -0.2) is 22.5 Å². The number of likely N-dealkylation sites (tertiary alicyclic amines) is 1. The van der Waals surface area contributed by atoms with Gasteiger partial charge in [0.2, 0.25) is 0 Å². The van der Waals surface area contributed by atoms with Crippen LogP contribution in [-0.2, 0) is 0 Å². The molecule has 0 saturated carbocycles. The number of nitrogens with one attached hydrogen (secondary N) is 1. The van der Waals surface area contributed by atoms with Crippen molar-refractivity contribution in [1.29, 1.82) is 0 Å². The summed E-state index contributed by atoms with van der Waals surface area (Å²) < 4.78 is 0.815. The van der Waals surface area contributed by atoms with Crippen LogP contribution in [0.1, 0.15) is 44.7 Å². The Morgan fingerprint density at radius 1 is 1.38 bits per heavy atom. The van der Waals surface area contributed by atoms with Crippen molar-refractivity contribution in [2.45, 2.75) is 45.2 Å². The molecule has 1 aliphatic heterocycles. The molecule has 1 unspecified atom stereocenters. The molecule has 1 fully saturated rings. The number of aromatic amines is 1. The maximum Gasteiger partial charge on any atom is 0.103 e. The topological polar surface area (TPSA) is 19.0 Å². The summed E-state index contributed by atoms with van der Waals surface area (Å²) in [7, 11) is 0. The van der Waals surface area contributed by atoms with Gasteiger partial charge in [-0.1, -0.05) is 24.7 Å². The molecule has 16 heavy (non-hydrogen) atoms. The number of aromatic nitrogens is 1. The number of pyridine rings is 1. The Morgan fingerprint density at radius 3 is 2.81 bits per heavy atom. The molecule has 0 amide bonds. The van der Waals surface area contributed by atoms with Gasteiger partial charge in [-0.15, -0.1) is 0 Å². The van der Waals surface area contributed by atoms with Crippen molar-refractivity contribution >= 4 is 12.2 Å². The van der Waals surface area contributed by atoms with Crippen LogP contribution in [0.2, 0.25) is 0 Å². The first-order chi connectivity index (χ1) is 7.68. The molecule has 1 saturated heterocycles. The monoisotopic (exact) mass is 236 g/mol. The Balaban J connectivity index is 2.22. The number of hydrogen-bond donors (Lipinski definition) is 1. The number of H-pyrrole nitrogens is 1. The molecule has 0 bridgehead atoms. The molecule has 0 aliphatic carbocycles. The van der Waals surface area contributed by atoms with Gasteiger partial charge in [0.1, 0.15) is 4.64 Å². The lowest BCUT2D eigenvalue weighted by molar-refractivity contribution is 0.112. The number of nitrogens with zero attached hydrogens (tertiary/aromatic N) is 1. The number of piperidine rings is 1. The predicted octanol–water partition coefficient (Wildman–Crippen LogP) is 3.68. The van der Waals surface area contributed by atoms with Crippen LogP contribution in [0.4, 0.5) is 0 Å². The van der Waals surface area contributed by atoms with Crippen molar-refractivity contribution in [3.05, 3.63) is 28.5 Å². The quantitative estimate of drug-likeness (QED) is 0.790. The summed E-state index contributed by atoms with van der Waals surface area (Å²) in [6.07, 6.45) is 6.01. The standard InChI is InChI=1S/C13H20N2S/c1-10(2)15-8-4-3-5-12(15)11-6-7-13(16)14-9-11/h6-7,9-10,12H,3-5,8H2,1-2H3,(H,14,16). The highest BCUT2D eigenvalue weighted by Gasteiger charge is 2.25. The summed E-state index contributed by atoms with van der Waals surface area (Å²) >= 11 is 5.08. The molecule has 2 heterocycles. The van der Waals surface area contributed by atoms with E-state index in [2.05, 4.69) is 36.0 Å². The molecule has 0 radical (unpaired) electrons. The summed E-state index contributed by atoms with van der Waals surface area (Å²) in [4.78, 5) is 5.74. The zero-order chi connectivity index (χ0) is 11.5. The van der Waals surface area contributed by atoms with Crippen LogP contribution in [0.5, 0.6) is 0 Å². The van der Waals surface area contributed by atoms with Gasteiger partial charge >= 0.3 is 0 Å². The summed E-state index contributed by atoms with van der Waals surface area (Å²) in [5.41, 5.74) is 1.38. The van der Waals surface area contributed by atoms with Crippen LogP contribution >= 0.6 is 12.2 Å². The molecule has 3 heteroatoms. The maximum atomic E-state index is 5.08. The van der Waals surface area contributed by atoms with Crippen molar-refractivity contribution in [2.75, 3.05) is 6.54 Å². The third kappa shape index (κ3) is 2.53. The Hall–Kier alpha value is -0.670. The van der Waals surface area contributed by atoms with Crippen LogP contribution in [0.3, 0.4) is 0 Å². The lowest BCUT2D eigenvalue weighted by atomic mass is 9.95. The summed E-state index contributed by atoms with van der Waals surface area (Å²) in [5, 5.41) is 0. The fourth-order valence-corrected chi connectivity index (χ4v) is 2.69. The molecular formula is C13H20N2S. The number of rotatable bonds is 2. The van der Waals surface area contributed by atoms with Gasteiger partial charge in [0.05, 0.1) is 0 Å². The molecule has 0 spiro atoms. The van der Waals surface area contributed by atoms with Gasteiger partial charge in [0.25, 0.3) is 0 Å². The second-order valence-electron chi connectivity index (χ2n) is 4.83. The Labute approximate surface area is 103 Å². The lowest BCUT2D eigenvalue weighted by Gasteiger charge is -2.38. The summed E-state index contributed by atoms with van der Waals surface area (Å²) in [5.74, 6) is 0. The molecule has 1 N–H and O–H groups in total. The third-order valence-corrected chi connectivity index (χ3v) is 3.65. The zero-order valence-electron chi connectivity index (χ0n) is 10.1. The molecule has 2 rings (SSSR count). The van der Waals surface area contributed by atoms with Crippen LogP contribution in [0.15, 0.2) is 18.3 Å². The highest BCUT2D eigenvalue weighted by atomic mass is 32.1. The van der Waals surface area contributed by atoms with E-state index < -0.39 is 0 Å². The third-order valence-electron chi connectivity index (χ3n) is 3.40. The first kappa shape index (κ1) is 11.8. The van der Waals surface area contributed by atoms with E-state index in [1.807, 2.05) is 6.07 Å². The minimum Gasteiger partial charge on any atom is -0.353 e. The van der Waals surface area contributed by atoms with E-state index in [1.165, 1.54) is 31.4 Å². The average molecular weight is 236 g/mol. The van der Waals surface area contributed by atoms with Gasteiger partial charge in [-0.2, -0.15) is 0 Å². The largest absolute Gasteiger partial charge is 0.353 e. The lowest BCUT2D eigenvalue weighted by Crippen LogP contribution is -2.38. The highest BCUT2D eigenvalue weighted by Crippen LogP contribution is 2.31. The van der Waals surface area contributed by atoms with Gasteiger partial charge < -0.3 is 4.98 Å². The van der Waals surface area contributed by atoms with Crippen LogP contribution in [0.25, 0.3) is 0 Å². The zero-order valence-corrected chi connectivity index (χ0v) is 10.9. The summed E-state index contributed by atoms with van der Waals surface area (Å²) in [6, 6.07) is 5.36. The minimum atomic E-state index is 0.570. The second-order valence-corrected chi connectivity index (χ2v) is 5.27. The van der Waals surface area contributed by atoms with Crippen molar-refractivity contribution in [1.82, 2.24) is 9.88 Å². The van der Waals surface area contributed by atoms with E-state index >= 15 is 0 Å². The van der Waals surface area contributed by atoms with Gasteiger partial charge in [-0.25, -0.2) is 0 Å². The van der Waals surface area contributed by atoms with E-state index in [-0.39, 0.29) is 0 Å². The fourth-order valence-electron chi connectivity index (χ4n) is 2.56. The Kier molecular flexibility index (Phi) is 3.77. The Morgan fingerprint density at radius 2 is 2.19 bits per heavy atom. The molecule has 1 aromatic rings. The van der Waals surface area contributed by atoms with Crippen molar-refractivity contribution < 1.29 is 0 Å². The first-order valence-corrected chi connectivity index (χ1v) is 6.53. The fraction of sp³-hybridized carbons (Fsp3) is 0.615. The predicted molar refractivity (Wildman–Crippen MR) is 70.1 cm³/mol. The van der Waals surface area contributed by atoms with Gasteiger partial charge in [0, 0.05) is 18.3 Å². The molecule has 0 aromatic carbocycles. The van der Waals surface area contributed by atoms with E-state index in [1.54, 1.807) is 0 Å². The van der Waals surface area contributed by atoms with Crippen LogP contribution in [0, 0.1) is 4.64 Å². The molecule has 1 aliphatic rings. The van der Waals surface area contributed by atoms with Gasteiger partial charge in [0.15, 0.2) is 0 Å². The molecule has 2 nitrogen and oxygen atoms in total. The van der Waals surface area contributed by atoms with E-state index in [0.717, 1.165) is 4.64 Å². The SMILES string of the molecule is CC(C)N1CCCCC1c1ccc(=S)[nH]c1. The smallest absolute Gasteiger partial charge is 0.103 e. The second kappa shape index (κ2) is 5.11. The molecule has 88 valence electrons. The van der Waals surface area contributed by atoms with E-state index in [9.17, 15) is 0 Å².